The van der Waals surface area contributed by atoms with E-state index >= 15 is 0 Å². The van der Waals surface area contributed by atoms with E-state index in [1.54, 1.807) is 0 Å². The summed E-state index contributed by atoms with van der Waals surface area (Å²) in [5.41, 5.74) is 12.9. The molecule has 0 amide bonds. The molecule has 3 nitrogen and oxygen atoms in total. The molecule has 0 aliphatic rings. The average Bonchev–Trinajstić information content (AvgIpc) is 3.41. The zero-order valence-electron chi connectivity index (χ0n) is 47.1. The maximum absolute atomic E-state index is 5.24. The molecule has 0 spiro atoms. The van der Waals surface area contributed by atoms with Crippen LogP contribution in [0.3, 0.4) is 0 Å². The molecule has 4 rings (SSSR count). The van der Waals surface area contributed by atoms with E-state index in [0.717, 1.165) is 69.2 Å². The second kappa shape index (κ2) is 41.8. The number of allylic oxidation sites excluding steroid dienone is 13. The minimum atomic E-state index is 0.0422. The van der Waals surface area contributed by atoms with E-state index in [1.165, 1.54) is 23.1 Å². The molecule has 0 radical (unpaired) electrons. The third kappa shape index (κ3) is 23.9. The van der Waals surface area contributed by atoms with Crippen LogP contribution in [0.5, 0.6) is 0 Å². The lowest BCUT2D eigenvalue weighted by atomic mass is 9.83. The maximum Gasteiger partial charge on any atom is 0.135 e. The highest BCUT2D eigenvalue weighted by atomic mass is 14.9. The lowest BCUT2D eigenvalue weighted by Gasteiger charge is -2.22. The fourth-order valence-corrected chi connectivity index (χ4v) is 6.80. The van der Waals surface area contributed by atoms with Crippen LogP contribution in [0.2, 0.25) is 0 Å². The van der Waals surface area contributed by atoms with E-state index in [-0.39, 0.29) is 11.8 Å². The third-order valence-corrected chi connectivity index (χ3v) is 10.5. The number of hydrogen-bond donors (Lipinski definition) is 0. The maximum atomic E-state index is 5.24. The van der Waals surface area contributed by atoms with Gasteiger partial charge in [0.05, 0.1) is 11.4 Å². The van der Waals surface area contributed by atoms with Crippen LogP contribution in [0.25, 0.3) is 33.5 Å². The predicted octanol–water partition coefficient (Wildman–Crippen LogP) is 21.3. The molecule has 70 heavy (non-hydrogen) atoms. The molecular formula is C67H95N3. The van der Waals surface area contributed by atoms with Gasteiger partial charge in [0.15, 0.2) is 0 Å². The molecule has 0 N–H and O–H groups in total. The van der Waals surface area contributed by atoms with Crippen LogP contribution in [0.1, 0.15) is 172 Å². The highest BCUT2D eigenvalue weighted by Crippen LogP contribution is 2.34. The van der Waals surface area contributed by atoms with Gasteiger partial charge >= 0.3 is 0 Å². The quantitative estimate of drug-likeness (QED) is 0.0399. The van der Waals surface area contributed by atoms with Crippen molar-refractivity contribution in [2.75, 3.05) is 0 Å². The fraction of sp³-hybridized carbons (Fsp3) is 0.358. The summed E-state index contributed by atoms with van der Waals surface area (Å²) in [6, 6.07) is 32.0. The smallest absolute Gasteiger partial charge is 0.135 e. The van der Waals surface area contributed by atoms with Gasteiger partial charge in [0.2, 0.25) is 0 Å². The molecule has 1 heterocycles. The molecule has 3 heteroatoms. The standard InChI is InChI=1S/C56H63N3.C3H8.4C2H6/c1-11-16-17-18-20-29-44(9)58-56(43(8)27-12-2)57-40-46-30-26-34-49(37-46)50-38-54(59-55(39-50)48-31-21-19-22-32-48)47(14-4)33-25-28-42(7)45(10)52-35-23-24-36-53(52)51(15-5)41(6)13-3;1-3-2;4*1-2/h12-13,15-28,30-40,42-43,45H,3,5,9,11,14,29H2,1-2,4,6-8,10H3;3H2,1-2H3;4*1-2H3/b17-16-,20-18-,27-12-,28-25-,47-33+,51-41+,57-40?,58-56?;;;;;. The Hall–Kier alpha value is -6.19. The molecule has 0 aliphatic heterocycles. The summed E-state index contributed by atoms with van der Waals surface area (Å²) in [4.78, 5) is 15.0. The monoisotopic (exact) mass is 942 g/mol. The Bertz CT molecular complexity index is 2300. The van der Waals surface area contributed by atoms with Gasteiger partial charge in [0.25, 0.3) is 0 Å². The molecular weight excluding hydrogens is 847 g/mol. The summed E-state index contributed by atoms with van der Waals surface area (Å²) >= 11 is 0. The van der Waals surface area contributed by atoms with Crippen molar-refractivity contribution in [2.24, 2.45) is 21.8 Å². The summed E-state index contributed by atoms with van der Waals surface area (Å²) in [6.07, 6.45) is 28.7. The molecule has 4 aromatic rings. The summed E-state index contributed by atoms with van der Waals surface area (Å²) < 4.78 is 0. The highest BCUT2D eigenvalue weighted by Gasteiger charge is 2.17. The van der Waals surface area contributed by atoms with Crippen molar-refractivity contribution in [2.45, 2.75) is 149 Å². The van der Waals surface area contributed by atoms with Crippen molar-refractivity contribution in [3.8, 4) is 22.4 Å². The lowest BCUT2D eigenvalue weighted by molar-refractivity contribution is 0.590. The van der Waals surface area contributed by atoms with Crippen molar-refractivity contribution in [1.29, 1.82) is 0 Å². The third-order valence-electron chi connectivity index (χ3n) is 10.5. The Balaban J connectivity index is 0. The van der Waals surface area contributed by atoms with Gasteiger partial charge in [-0.1, -0.05) is 270 Å². The fourth-order valence-electron chi connectivity index (χ4n) is 6.80. The second-order valence-corrected chi connectivity index (χ2v) is 15.6. The minimum absolute atomic E-state index is 0.0422. The predicted molar refractivity (Wildman–Crippen MR) is 322 cm³/mol. The van der Waals surface area contributed by atoms with Crippen molar-refractivity contribution >= 4 is 23.2 Å². The number of aromatic nitrogens is 1. The van der Waals surface area contributed by atoms with Crippen LogP contribution in [0.15, 0.2) is 199 Å². The number of amidine groups is 1. The van der Waals surface area contributed by atoms with Crippen molar-refractivity contribution in [3.05, 3.63) is 211 Å². The van der Waals surface area contributed by atoms with Crippen LogP contribution in [0, 0.1) is 11.8 Å². The first-order chi connectivity index (χ1) is 34.0. The van der Waals surface area contributed by atoms with E-state index in [4.69, 9.17) is 15.0 Å². The first-order valence-electron chi connectivity index (χ1n) is 26.4. The van der Waals surface area contributed by atoms with E-state index in [9.17, 15) is 0 Å². The summed E-state index contributed by atoms with van der Waals surface area (Å²) in [6.45, 7) is 47.7. The Morgan fingerprint density at radius 1 is 0.686 bits per heavy atom. The van der Waals surface area contributed by atoms with Crippen LogP contribution >= 0.6 is 0 Å². The van der Waals surface area contributed by atoms with Crippen LogP contribution in [-0.2, 0) is 0 Å². The lowest BCUT2D eigenvalue weighted by Crippen LogP contribution is -2.07. The van der Waals surface area contributed by atoms with Gasteiger partial charge in [-0.3, -0.25) is 0 Å². The largest absolute Gasteiger partial charge is 0.248 e. The molecule has 0 fully saturated rings. The molecule has 1 aromatic heterocycles. The molecule has 3 aromatic carbocycles. The van der Waals surface area contributed by atoms with Crippen LogP contribution < -0.4 is 0 Å². The molecule has 3 unspecified atom stereocenters. The second-order valence-electron chi connectivity index (χ2n) is 15.6. The zero-order valence-corrected chi connectivity index (χ0v) is 47.1. The molecule has 0 aliphatic carbocycles. The topological polar surface area (TPSA) is 37.6 Å². The van der Waals surface area contributed by atoms with E-state index in [2.05, 4.69) is 203 Å². The van der Waals surface area contributed by atoms with Gasteiger partial charge in [-0.15, -0.1) is 0 Å². The highest BCUT2D eigenvalue weighted by molar-refractivity contribution is 5.97. The number of aliphatic imine (C=N–C) groups is 2. The van der Waals surface area contributed by atoms with Crippen molar-refractivity contribution in [3.63, 3.8) is 0 Å². The molecule has 0 saturated carbocycles. The number of rotatable bonds is 19. The van der Waals surface area contributed by atoms with Gasteiger partial charge < -0.3 is 0 Å². The first kappa shape index (κ1) is 65.9. The van der Waals surface area contributed by atoms with Gasteiger partial charge in [0.1, 0.15) is 5.84 Å². The molecule has 0 bridgehead atoms. The Morgan fingerprint density at radius 3 is 1.90 bits per heavy atom. The zero-order chi connectivity index (χ0) is 53.3. The van der Waals surface area contributed by atoms with Crippen LogP contribution in [0.4, 0.5) is 0 Å². The van der Waals surface area contributed by atoms with E-state index in [1.807, 2.05) is 98.9 Å². The van der Waals surface area contributed by atoms with Crippen LogP contribution in [-0.4, -0.2) is 17.0 Å². The molecule has 378 valence electrons. The van der Waals surface area contributed by atoms with Gasteiger partial charge in [0, 0.05) is 29.8 Å². The van der Waals surface area contributed by atoms with E-state index in [0.29, 0.717) is 12.3 Å². The SMILES string of the molecule is C=C/C(C)=C(\C=C)c1ccccc1C(C)C(C)/C=C\C=C(/CC)c1cc(-c2cccc(C=NC(=NC(=C)C/C=C\C=C/CC)C(C)/C=C\C)c2)cc(-c2ccccc2)n1.CC.CC.CC.CC.CCC. The summed E-state index contributed by atoms with van der Waals surface area (Å²) in [7, 11) is 0. The summed E-state index contributed by atoms with van der Waals surface area (Å²) in [5.74, 6) is 1.35. The minimum Gasteiger partial charge on any atom is -0.248 e. The normalized spacial score (nSPS) is 13.0. The van der Waals surface area contributed by atoms with Crippen molar-refractivity contribution < 1.29 is 0 Å². The molecule has 0 saturated heterocycles. The first-order valence-corrected chi connectivity index (χ1v) is 26.4. The van der Waals surface area contributed by atoms with Crippen molar-refractivity contribution in [1.82, 2.24) is 4.98 Å². The Kier molecular flexibility index (Phi) is 39.3. The number of hydrogen-bond acceptors (Lipinski definition) is 2. The molecule has 3 atom stereocenters. The van der Waals surface area contributed by atoms with Gasteiger partial charge in [-0.2, -0.15) is 0 Å². The van der Waals surface area contributed by atoms with Gasteiger partial charge in [-0.25, -0.2) is 15.0 Å². The number of nitrogens with zero attached hydrogens (tertiary/aromatic N) is 3. The Labute approximate surface area is 430 Å². The average molecular weight is 943 g/mol. The summed E-state index contributed by atoms with van der Waals surface area (Å²) in [5, 5.41) is 0. The Morgan fingerprint density at radius 2 is 1.30 bits per heavy atom. The van der Waals surface area contributed by atoms with E-state index < -0.39 is 0 Å². The van der Waals surface area contributed by atoms with Gasteiger partial charge in [-0.05, 0) is 101 Å². The number of benzene rings is 3. The number of pyridine rings is 1.